The summed E-state index contributed by atoms with van der Waals surface area (Å²) in [6.45, 7) is 3.64. The van der Waals surface area contributed by atoms with E-state index in [0.717, 1.165) is 0 Å². The summed E-state index contributed by atoms with van der Waals surface area (Å²) in [6, 6.07) is 7.18. The SMILES string of the molecule is CCOc1ccccc1NC(=O)CN1CCC(c2nnc(C(F)(F)F)o2)CC1. The van der Waals surface area contributed by atoms with E-state index in [1.807, 2.05) is 24.0 Å². The fourth-order valence-corrected chi connectivity index (χ4v) is 3.10. The number of halogens is 3. The highest BCUT2D eigenvalue weighted by Crippen LogP contribution is 2.32. The molecule has 0 atom stereocenters. The number of nitrogens with zero attached hydrogens (tertiary/aromatic N) is 3. The zero-order valence-electron chi connectivity index (χ0n) is 15.3. The van der Waals surface area contributed by atoms with E-state index in [-0.39, 0.29) is 24.3 Å². The van der Waals surface area contributed by atoms with Crippen LogP contribution in [0.5, 0.6) is 5.75 Å². The Labute approximate surface area is 159 Å². The molecule has 0 aliphatic carbocycles. The van der Waals surface area contributed by atoms with Gasteiger partial charge in [-0.3, -0.25) is 9.69 Å². The first kappa shape index (κ1) is 20.1. The van der Waals surface area contributed by atoms with Crippen molar-refractivity contribution in [3.63, 3.8) is 0 Å². The number of nitrogens with one attached hydrogen (secondary N) is 1. The van der Waals surface area contributed by atoms with E-state index in [1.54, 1.807) is 12.1 Å². The lowest BCUT2D eigenvalue weighted by atomic mass is 9.97. The second-order valence-corrected chi connectivity index (χ2v) is 6.47. The molecule has 1 aromatic carbocycles. The molecule has 1 N–H and O–H groups in total. The molecule has 0 bridgehead atoms. The summed E-state index contributed by atoms with van der Waals surface area (Å²) < 4.78 is 48.0. The molecule has 28 heavy (non-hydrogen) atoms. The highest BCUT2D eigenvalue weighted by atomic mass is 19.4. The minimum absolute atomic E-state index is 0.00192. The van der Waals surface area contributed by atoms with E-state index in [0.29, 0.717) is 44.0 Å². The van der Waals surface area contributed by atoms with Gasteiger partial charge in [-0.2, -0.15) is 13.2 Å². The molecule has 2 aromatic rings. The summed E-state index contributed by atoms with van der Waals surface area (Å²) in [7, 11) is 0. The fraction of sp³-hybridized carbons (Fsp3) is 0.500. The van der Waals surface area contributed by atoms with Crippen molar-refractivity contribution in [1.29, 1.82) is 0 Å². The standard InChI is InChI=1S/C18H21F3N4O3/c1-2-27-14-6-4-3-5-13(14)22-15(26)11-25-9-7-12(8-10-25)16-23-24-17(28-16)18(19,20)21/h3-6,12H,2,7-11H2,1H3,(H,22,26). The Hall–Kier alpha value is -2.62. The van der Waals surface area contributed by atoms with Gasteiger partial charge in [0.05, 0.1) is 18.8 Å². The molecule has 1 saturated heterocycles. The first-order valence-electron chi connectivity index (χ1n) is 9.01. The molecule has 0 unspecified atom stereocenters. The number of hydrogen-bond acceptors (Lipinski definition) is 6. The lowest BCUT2D eigenvalue weighted by Crippen LogP contribution is -2.38. The molecule has 2 heterocycles. The molecule has 152 valence electrons. The predicted molar refractivity (Wildman–Crippen MR) is 94.0 cm³/mol. The maximum atomic E-state index is 12.6. The van der Waals surface area contributed by atoms with Gasteiger partial charge in [-0.25, -0.2) is 0 Å². The monoisotopic (exact) mass is 398 g/mol. The quantitative estimate of drug-likeness (QED) is 0.804. The van der Waals surface area contributed by atoms with Crippen LogP contribution in [0.2, 0.25) is 0 Å². The largest absolute Gasteiger partial charge is 0.492 e. The summed E-state index contributed by atoms with van der Waals surface area (Å²) in [6.07, 6.45) is -3.55. The highest BCUT2D eigenvalue weighted by Gasteiger charge is 2.39. The lowest BCUT2D eigenvalue weighted by Gasteiger charge is -2.29. The molecule has 3 rings (SSSR count). The summed E-state index contributed by atoms with van der Waals surface area (Å²) >= 11 is 0. The van der Waals surface area contributed by atoms with Gasteiger partial charge in [-0.05, 0) is 45.0 Å². The van der Waals surface area contributed by atoms with Gasteiger partial charge in [-0.1, -0.05) is 12.1 Å². The average molecular weight is 398 g/mol. The molecule has 1 aliphatic rings. The fourth-order valence-electron chi connectivity index (χ4n) is 3.10. The summed E-state index contributed by atoms with van der Waals surface area (Å²) in [4.78, 5) is 14.3. The van der Waals surface area contributed by atoms with Gasteiger partial charge in [0, 0.05) is 5.92 Å². The number of para-hydroxylation sites is 2. The Morgan fingerprint density at radius 3 is 2.64 bits per heavy atom. The van der Waals surface area contributed by atoms with Crippen LogP contribution in [0.25, 0.3) is 0 Å². The first-order chi connectivity index (χ1) is 13.4. The number of alkyl halides is 3. The zero-order valence-corrected chi connectivity index (χ0v) is 15.3. The van der Waals surface area contributed by atoms with E-state index < -0.39 is 12.1 Å². The van der Waals surface area contributed by atoms with Crippen LogP contribution in [-0.2, 0) is 11.0 Å². The third kappa shape index (κ3) is 5.00. The third-order valence-corrected chi connectivity index (χ3v) is 4.45. The number of ether oxygens (including phenoxy) is 1. The van der Waals surface area contributed by atoms with Crippen molar-refractivity contribution >= 4 is 11.6 Å². The van der Waals surface area contributed by atoms with E-state index in [4.69, 9.17) is 9.15 Å². The smallest absolute Gasteiger partial charge is 0.470 e. The second-order valence-electron chi connectivity index (χ2n) is 6.47. The van der Waals surface area contributed by atoms with E-state index >= 15 is 0 Å². The Morgan fingerprint density at radius 1 is 1.29 bits per heavy atom. The molecular weight excluding hydrogens is 377 g/mol. The minimum atomic E-state index is -4.64. The van der Waals surface area contributed by atoms with Crippen molar-refractivity contribution < 1.29 is 27.1 Å². The first-order valence-corrected chi connectivity index (χ1v) is 9.01. The van der Waals surface area contributed by atoms with Gasteiger partial charge in [0.15, 0.2) is 0 Å². The number of amides is 1. The van der Waals surface area contributed by atoms with Gasteiger partial charge in [0.2, 0.25) is 11.8 Å². The van der Waals surface area contributed by atoms with Crippen molar-refractivity contribution in [2.24, 2.45) is 0 Å². The van der Waals surface area contributed by atoms with Crippen LogP contribution < -0.4 is 10.1 Å². The summed E-state index contributed by atoms with van der Waals surface area (Å²) in [5.41, 5.74) is 0.606. The Morgan fingerprint density at radius 2 is 2.00 bits per heavy atom. The molecule has 0 spiro atoms. The molecular formula is C18H21F3N4O3. The average Bonchev–Trinajstić information content (AvgIpc) is 3.15. The highest BCUT2D eigenvalue weighted by molar-refractivity contribution is 5.93. The normalized spacial score (nSPS) is 16.1. The number of aromatic nitrogens is 2. The van der Waals surface area contributed by atoms with Crippen molar-refractivity contribution in [3.8, 4) is 5.75 Å². The van der Waals surface area contributed by atoms with Crippen LogP contribution in [0.1, 0.15) is 37.5 Å². The van der Waals surface area contributed by atoms with Crippen LogP contribution in [0, 0.1) is 0 Å². The number of carbonyl (C=O) groups is 1. The Bertz CT molecular complexity index is 801. The van der Waals surface area contributed by atoms with Crippen molar-refractivity contribution in [1.82, 2.24) is 15.1 Å². The van der Waals surface area contributed by atoms with E-state index in [1.165, 1.54) is 0 Å². The van der Waals surface area contributed by atoms with Gasteiger partial charge >= 0.3 is 12.1 Å². The molecule has 10 heteroatoms. The molecule has 1 aromatic heterocycles. The predicted octanol–water partition coefficient (Wildman–Crippen LogP) is 3.31. The van der Waals surface area contributed by atoms with Gasteiger partial charge in [0.25, 0.3) is 0 Å². The molecule has 0 radical (unpaired) electrons. The Kier molecular flexibility index (Phi) is 6.18. The number of carbonyl (C=O) groups excluding carboxylic acids is 1. The number of anilines is 1. The van der Waals surface area contributed by atoms with Crippen molar-refractivity contribution in [2.45, 2.75) is 31.9 Å². The van der Waals surface area contributed by atoms with Gasteiger partial charge < -0.3 is 14.5 Å². The van der Waals surface area contributed by atoms with Crippen LogP contribution in [-0.4, -0.2) is 47.2 Å². The molecule has 1 amide bonds. The van der Waals surface area contributed by atoms with Crippen LogP contribution >= 0.6 is 0 Å². The molecule has 7 nitrogen and oxygen atoms in total. The van der Waals surface area contributed by atoms with Gasteiger partial charge in [-0.15, -0.1) is 10.2 Å². The molecule has 0 saturated carbocycles. The number of benzene rings is 1. The van der Waals surface area contributed by atoms with Crippen LogP contribution in [0.4, 0.5) is 18.9 Å². The maximum absolute atomic E-state index is 12.6. The molecule has 1 fully saturated rings. The van der Waals surface area contributed by atoms with Crippen LogP contribution in [0.15, 0.2) is 28.7 Å². The lowest BCUT2D eigenvalue weighted by molar-refractivity contribution is -0.157. The molecule has 1 aliphatic heterocycles. The summed E-state index contributed by atoms with van der Waals surface area (Å²) in [5, 5.41) is 9.43. The second kappa shape index (κ2) is 8.59. The van der Waals surface area contributed by atoms with Gasteiger partial charge in [0.1, 0.15) is 5.75 Å². The minimum Gasteiger partial charge on any atom is -0.492 e. The number of hydrogen-bond donors (Lipinski definition) is 1. The van der Waals surface area contributed by atoms with E-state index in [2.05, 4.69) is 15.5 Å². The number of likely N-dealkylation sites (tertiary alicyclic amines) is 1. The maximum Gasteiger partial charge on any atom is 0.470 e. The van der Waals surface area contributed by atoms with E-state index in [9.17, 15) is 18.0 Å². The Balaban J connectivity index is 1.50. The topological polar surface area (TPSA) is 80.5 Å². The number of rotatable bonds is 6. The third-order valence-electron chi connectivity index (χ3n) is 4.45. The van der Waals surface area contributed by atoms with Crippen molar-refractivity contribution in [3.05, 3.63) is 36.0 Å². The summed E-state index contributed by atoms with van der Waals surface area (Å²) in [5.74, 6) is -1.13. The number of piperidine rings is 1. The zero-order chi connectivity index (χ0) is 20.1. The van der Waals surface area contributed by atoms with Crippen LogP contribution in [0.3, 0.4) is 0 Å². The van der Waals surface area contributed by atoms with Crippen molar-refractivity contribution in [2.75, 3.05) is 31.6 Å².